The van der Waals surface area contributed by atoms with Crippen LogP contribution in [0.4, 0.5) is 11.8 Å². The molecule has 0 bridgehead atoms. The van der Waals surface area contributed by atoms with Crippen molar-refractivity contribution in [2.24, 2.45) is 4.99 Å². The van der Waals surface area contributed by atoms with Gasteiger partial charge in [0.2, 0.25) is 5.95 Å². The molecule has 148 valence electrons. The van der Waals surface area contributed by atoms with Gasteiger partial charge in [-0.3, -0.25) is 14.5 Å². The Morgan fingerprint density at radius 1 is 1.17 bits per heavy atom. The van der Waals surface area contributed by atoms with Crippen molar-refractivity contribution in [2.45, 2.75) is 39.3 Å². The molecule has 4 heterocycles. The van der Waals surface area contributed by atoms with Crippen LogP contribution in [0.5, 0.6) is 0 Å². The van der Waals surface area contributed by atoms with Gasteiger partial charge in [-0.05, 0) is 20.3 Å². The predicted molar refractivity (Wildman–Crippen MR) is 113 cm³/mol. The van der Waals surface area contributed by atoms with Crippen molar-refractivity contribution in [1.29, 1.82) is 0 Å². The molecular formula is C21H24N8. The molecule has 8 heteroatoms. The minimum Gasteiger partial charge on any atom is -0.342 e. The van der Waals surface area contributed by atoms with Gasteiger partial charge in [-0.15, -0.1) is 10.2 Å². The first-order chi connectivity index (χ1) is 14.2. The normalized spacial score (nSPS) is 18.1. The molecule has 1 atom stereocenters. The van der Waals surface area contributed by atoms with Gasteiger partial charge in [0.15, 0.2) is 11.6 Å². The van der Waals surface area contributed by atoms with Gasteiger partial charge >= 0.3 is 0 Å². The SMILES string of the molecule is CC[C@@H]1c2nncn2-c2cnc(N3CCN=C3c3ccccc3)nc2N1C(C)C. The fraction of sp³-hybridized carbons (Fsp3) is 0.381. The number of aliphatic imine (C=N–C) groups is 1. The maximum absolute atomic E-state index is 5.03. The Labute approximate surface area is 169 Å². The lowest BCUT2D eigenvalue weighted by molar-refractivity contribution is 0.497. The Balaban J connectivity index is 1.61. The fourth-order valence-electron chi connectivity index (χ4n) is 4.24. The maximum atomic E-state index is 5.03. The van der Waals surface area contributed by atoms with E-state index in [1.165, 1.54) is 0 Å². The largest absolute Gasteiger partial charge is 0.342 e. The highest BCUT2D eigenvalue weighted by atomic mass is 15.4. The van der Waals surface area contributed by atoms with Gasteiger partial charge in [0.25, 0.3) is 0 Å². The summed E-state index contributed by atoms with van der Waals surface area (Å²) in [6.45, 7) is 8.07. The Kier molecular flexibility index (Phi) is 4.26. The summed E-state index contributed by atoms with van der Waals surface area (Å²) in [5.41, 5.74) is 2.00. The van der Waals surface area contributed by atoms with Crippen LogP contribution >= 0.6 is 0 Å². The summed E-state index contributed by atoms with van der Waals surface area (Å²) < 4.78 is 2.02. The van der Waals surface area contributed by atoms with Gasteiger partial charge in [-0.1, -0.05) is 37.3 Å². The monoisotopic (exact) mass is 388 g/mol. The molecule has 2 aromatic heterocycles. The summed E-state index contributed by atoms with van der Waals surface area (Å²) in [7, 11) is 0. The van der Waals surface area contributed by atoms with Gasteiger partial charge < -0.3 is 4.90 Å². The number of fused-ring (bicyclic) bond motifs is 3. The molecule has 5 rings (SSSR count). The van der Waals surface area contributed by atoms with E-state index >= 15 is 0 Å². The zero-order valence-corrected chi connectivity index (χ0v) is 16.9. The number of hydrogen-bond donors (Lipinski definition) is 0. The lowest BCUT2D eigenvalue weighted by Crippen LogP contribution is -2.41. The van der Waals surface area contributed by atoms with Crippen molar-refractivity contribution in [3.05, 3.63) is 54.2 Å². The summed E-state index contributed by atoms with van der Waals surface area (Å²) in [6, 6.07) is 10.6. The van der Waals surface area contributed by atoms with E-state index in [1.54, 1.807) is 6.33 Å². The van der Waals surface area contributed by atoms with Crippen molar-refractivity contribution in [3.8, 4) is 5.69 Å². The van der Waals surface area contributed by atoms with Gasteiger partial charge in [0.1, 0.15) is 17.9 Å². The number of aromatic nitrogens is 5. The second-order valence-corrected chi connectivity index (χ2v) is 7.59. The molecule has 0 radical (unpaired) electrons. The minimum absolute atomic E-state index is 0.133. The number of amidine groups is 1. The lowest BCUT2D eigenvalue weighted by Gasteiger charge is -2.39. The van der Waals surface area contributed by atoms with E-state index in [0.29, 0.717) is 5.95 Å². The zero-order chi connectivity index (χ0) is 20.0. The molecule has 0 saturated heterocycles. The minimum atomic E-state index is 0.133. The molecule has 0 aliphatic carbocycles. The quantitative estimate of drug-likeness (QED) is 0.684. The zero-order valence-electron chi connectivity index (χ0n) is 16.9. The third-order valence-electron chi connectivity index (χ3n) is 5.51. The van der Waals surface area contributed by atoms with Crippen LogP contribution in [0.15, 0.2) is 47.8 Å². The molecule has 0 N–H and O–H groups in total. The number of hydrogen-bond acceptors (Lipinski definition) is 7. The van der Waals surface area contributed by atoms with Crippen LogP contribution in [-0.4, -0.2) is 49.7 Å². The number of benzene rings is 1. The first-order valence-electron chi connectivity index (χ1n) is 10.1. The molecular weight excluding hydrogens is 364 g/mol. The van der Waals surface area contributed by atoms with E-state index in [0.717, 1.165) is 48.2 Å². The number of nitrogens with zero attached hydrogens (tertiary/aromatic N) is 8. The van der Waals surface area contributed by atoms with E-state index in [-0.39, 0.29) is 12.1 Å². The van der Waals surface area contributed by atoms with Gasteiger partial charge in [0.05, 0.1) is 18.8 Å². The Morgan fingerprint density at radius 3 is 2.76 bits per heavy atom. The summed E-state index contributed by atoms with van der Waals surface area (Å²) in [5, 5.41) is 8.53. The molecule has 0 amide bonds. The molecule has 2 aliphatic heterocycles. The van der Waals surface area contributed by atoms with Gasteiger partial charge in [-0.2, -0.15) is 4.98 Å². The summed E-state index contributed by atoms with van der Waals surface area (Å²) in [5.74, 6) is 3.47. The van der Waals surface area contributed by atoms with Gasteiger partial charge in [0, 0.05) is 18.2 Å². The highest BCUT2D eigenvalue weighted by Crippen LogP contribution is 2.39. The molecule has 0 fully saturated rings. The summed E-state index contributed by atoms with van der Waals surface area (Å²) in [6.07, 6.45) is 4.56. The van der Waals surface area contributed by atoms with Crippen LogP contribution in [0.25, 0.3) is 5.69 Å². The van der Waals surface area contributed by atoms with E-state index in [2.05, 4.69) is 52.9 Å². The fourth-order valence-corrected chi connectivity index (χ4v) is 4.24. The smallest absolute Gasteiger partial charge is 0.233 e. The van der Waals surface area contributed by atoms with Crippen LogP contribution in [0.3, 0.4) is 0 Å². The lowest BCUT2D eigenvalue weighted by atomic mass is 10.1. The van der Waals surface area contributed by atoms with Crippen molar-refractivity contribution >= 4 is 17.6 Å². The van der Waals surface area contributed by atoms with E-state index in [9.17, 15) is 0 Å². The maximum Gasteiger partial charge on any atom is 0.233 e. The second kappa shape index (κ2) is 6.95. The molecule has 0 spiro atoms. The highest BCUT2D eigenvalue weighted by Gasteiger charge is 2.36. The third kappa shape index (κ3) is 2.78. The van der Waals surface area contributed by atoms with Crippen LogP contribution in [-0.2, 0) is 0 Å². The molecule has 0 unspecified atom stereocenters. The average Bonchev–Trinajstić information content (AvgIpc) is 3.42. The first-order valence-corrected chi connectivity index (χ1v) is 10.1. The Bertz CT molecular complexity index is 1060. The third-order valence-corrected chi connectivity index (χ3v) is 5.51. The Morgan fingerprint density at radius 2 is 2.00 bits per heavy atom. The molecule has 0 saturated carbocycles. The summed E-state index contributed by atoms with van der Waals surface area (Å²) in [4.78, 5) is 18.9. The first kappa shape index (κ1) is 17.8. The van der Waals surface area contributed by atoms with Crippen LogP contribution in [0.2, 0.25) is 0 Å². The number of anilines is 2. The molecule has 29 heavy (non-hydrogen) atoms. The van der Waals surface area contributed by atoms with Crippen LogP contribution < -0.4 is 9.80 Å². The standard InChI is InChI=1S/C21H24N8/c1-4-16-20-26-24-13-28(20)17-12-23-21(25-19(17)29(16)14(2)3)27-11-10-22-18(27)15-8-6-5-7-9-15/h5-9,12-14,16H,4,10-11H2,1-3H3/t16-/m1/s1. The van der Waals surface area contributed by atoms with Gasteiger partial charge in [-0.25, -0.2) is 4.98 Å². The molecule has 2 aliphatic rings. The van der Waals surface area contributed by atoms with E-state index < -0.39 is 0 Å². The second-order valence-electron chi connectivity index (χ2n) is 7.59. The highest BCUT2D eigenvalue weighted by molar-refractivity contribution is 6.10. The van der Waals surface area contributed by atoms with Crippen LogP contribution in [0.1, 0.15) is 44.6 Å². The molecule has 1 aromatic carbocycles. The van der Waals surface area contributed by atoms with Crippen molar-refractivity contribution in [3.63, 3.8) is 0 Å². The van der Waals surface area contributed by atoms with Crippen molar-refractivity contribution in [2.75, 3.05) is 22.9 Å². The average molecular weight is 388 g/mol. The van der Waals surface area contributed by atoms with Crippen molar-refractivity contribution < 1.29 is 0 Å². The Hall–Kier alpha value is -3.29. The van der Waals surface area contributed by atoms with Crippen molar-refractivity contribution in [1.82, 2.24) is 24.7 Å². The summed E-state index contributed by atoms with van der Waals surface area (Å²) >= 11 is 0. The van der Waals surface area contributed by atoms with E-state index in [4.69, 9.17) is 15.0 Å². The topological polar surface area (TPSA) is 75.3 Å². The number of rotatable bonds is 4. The van der Waals surface area contributed by atoms with Crippen LogP contribution in [0, 0.1) is 0 Å². The molecule has 3 aromatic rings. The van der Waals surface area contributed by atoms with E-state index in [1.807, 2.05) is 29.0 Å². The predicted octanol–water partition coefficient (Wildman–Crippen LogP) is 3.00. The molecule has 8 nitrogen and oxygen atoms in total.